The van der Waals surface area contributed by atoms with Crippen LogP contribution in [0.15, 0.2) is 24.3 Å². The Labute approximate surface area is 190 Å². The summed E-state index contributed by atoms with van der Waals surface area (Å²) in [5.41, 5.74) is 6.19. The van der Waals surface area contributed by atoms with Crippen LogP contribution >= 0.6 is 0 Å². The Kier molecular flexibility index (Phi) is 6.68. The monoisotopic (exact) mass is 424 g/mol. The third-order valence-corrected chi connectivity index (χ3v) is 6.54. The van der Waals surface area contributed by atoms with Crippen LogP contribution in [0.1, 0.15) is 128 Å². The Bertz CT molecular complexity index is 871. The lowest BCUT2D eigenvalue weighted by atomic mass is 9.68. The predicted octanol–water partition coefficient (Wildman–Crippen LogP) is 8.27. The molecule has 0 aliphatic rings. The lowest BCUT2D eigenvalue weighted by molar-refractivity contribution is 0.441. The van der Waals surface area contributed by atoms with E-state index in [1.54, 1.807) is 0 Å². The van der Waals surface area contributed by atoms with E-state index in [0.29, 0.717) is 11.5 Å². The first-order chi connectivity index (χ1) is 13.9. The number of aromatic hydroxyl groups is 2. The number of rotatable bonds is 4. The molecule has 0 aromatic heterocycles. The molecule has 0 spiro atoms. The first-order valence-corrected chi connectivity index (χ1v) is 11.6. The van der Waals surface area contributed by atoms with Crippen molar-refractivity contribution in [2.75, 3.05) is 0 Å². The molecule has 2 rings (SSSR count). The molecule has 2 aromatic rings. The van der Waals surface area contributed by atoms with Gasteiger partial charge in [0.05, 0.1) is 0 Å². The minimum atomic E-state index is -0.291. The van der Waals surface area contributed by atoms with Gasteiger partial charge in [-0.1, -0.05) is 95.2 Å². The molecule has 31 heavy (non-hydrogen) atoms. The van der Waals surface area contributed by atoms with Gasteiger partial charge < -0.3 is 10.2 Å². The van der Waals surface area contributed by atoms with Gasteiger partial charge in [0.2, 0.25) is 0 Å². The molecule has 0 unspecified atom stereocenters. The molecule has 0 aliphatic carbocycles. The molecule has 0 amide bonds. The molecular formula is C29H44O2. The average molecular weight is 425 g/mol. The summed E-state index contributed by atoms with van der Waals surface area (Å²) < 4.78 is 0. The number of phenols is 2. The lowest BCUT2D eigenvalue weighted by Gasteiger charge is -2.36. The second-order valence-electron chi connectivity index (χ2n) is 12.3. The number of hydrogen-bond donors (Lipinski definition) is 2. The van der Waals surface area contributed by atoms with E-state index in [9.17, 15) is 10.2 Å². The summed E-state index contributed by atoms with van der Waals surface area (Å²) in [6.07, 6.45) is 0. The summed E-state index contributed by atoms with van der Waals surface area (Å²) >= 11 is 0. The third-order valence-electron chi connectivity index (χ3n) is 6.54. The molecular weight excluding hydrogens is 380 g/mol. The van der Waals surface area contributed by atoms with E-state index in [2.05, 4.69) is 95.2 Å². The van der Waals surface area contributed by atoms with Crippen LogP contribution in [0.5, 0.6) is 11.5 Å². The fraction of sp³-hybridized carbons (Fsp3) is 0.586. The molecule has 0 saturated heterocycles. The molecule has 0 radical (unpaired) electrons. The largest absolute Gasteiger partial charge is 0.508 e. The zero-order chi connectivity index (χ0) is 24.1. The van der Waals surface area contributed by atoms with Crippen LogP contribution < -0.4 is 0 Å². The maximum Gasteiger partial charge on any atom is 0.119 e. The molecule has 0 aliphatic heterocycles. The average Bonchev–Trinajstić information content (AvgIpc) is 2.58. The smallest absolute Gasteiger partial charge is 0.119 e. The maximum atomic E-state index is 10.8. The molecule has 0 fully saturated rings. The highest BCUT2D eigenvalue weighted by Gasteiger charge is 2.34. The Morgan fingerprint density at radius 3 is 1.03 bits per heavy atom. The summed E-state index contributed by atoms with van der Waals surface area (Å²) in [7, 11) is 0. The Hall–Kier alpha value is -1.96. The van der Waals surface area contributed by atoms with Crippen molar-refractivity contribution in [1.82, 2.24) is 0 Å². The van der Waals surface area contributed by atoms with Crippen molar-refractivity contribution < 1.29 is 10.2 Å². The fourth-order valence-corrected chi connectivity index (χ4v) is 4.59. The van der Waals surface area contributed by atoms with Crippen LogP contribution in [0.25, 0.3) is 0 Å². The van der Waals surface area contributed by atoms with Crippen molar-refractivity contribution in [3.63, 3.8) is 0 Å². The molecule has 2 heteroatoms. The van der Waals surface area contributed by atoms with E-state index in [1.165, 1.54) is 22.3 Å². The summed E-state index contributed by atoms with van der Waals surface area (Å²) in [6, 6.07) is 8.39. The third kappa shape index (κ3) is 4.94. The van der Waals surface area contributed by atoms with Crippen molar-refractivity contribution in [3.8, 4) is 11.5 Å². The van der Waals surface area contributed by atoms with Gasteiger partial charge in [-0.05, 0) is 68.2 Å². The van der Waals surface area contributed by atoms with Crippen molar-refractivity contribution in [3.05, 3.63) is 57.6 Å². The molecule has 0 saturated carbocycles. The summed E-state index contributed by atoms with van der Waals surface area (Å²) in [5, 5.41) is 21.7. The van der Waals surface area contributed by atoms with Crippen LogP contribution in [0.2, 0.25) is 0 Å². The van der Waals surface area contributed by atoms with Gasteiger partial charge in [0.1, 0.15) is 11.5 Å². The minimum absolute atomic E-state index is 0.156. The zero-order valence-corrected chi connectivity index (χ0v) is 21.9. The molecule has 2 N–H and O–H groups in total. The van der Waals surface area contributed by atoms with Gasteiger partial charge in [0.15, 0.2) is 0 Å². The molecule has 0 heterocycles. The molecule has 0 atom stereocenters. The van der Waals surface area contributed by atoms with E-state index in [-0.39, 0.29) is 28.1 Å². The van der Waals surface area contributed by atoms with E-state index < -0.39 is 0 Å². The highest BCUT2D eigenvalue weighted by atomic mass is 16.3. The van der Waals surface area contributed by atoms with E-state index in [1.807, 2.05) is 12.1 Å². The highest BCUT2D eigenvalue weighted by Crippen LogP contribution is 2.46. The Balaban J connectivity index is 2.95. The Morgan fingerprint density at radius 2 is 0.806 bits per heavy atom. The van der Waals surface area contributed by atoms with Gasteiger partial charge in [-0.3, -0.25) is 0 Å². The molecule has 172 valence electrons. The van der Waals surface area contributed by atoms with Crippen LogP contribution in [-0.4, -0.2) is 10.2 Å². The van der Waals surface area contributed by atoms with Crippen LogP contribution in [0.4, 0.5) is 0 Å². The maximum absolute atomic E-state index is 10.8. The predicted molar refractivity (Wildman–Crippen MR) is 134 cm³/mol. The number of phenolic OH excluding ortho intramolecular Hbond substituents is 2. The molecule has 0 bridgehead atoms. The van der Waals surface area contributed by atoms with Crippen LogP contribution in [0.3, 0.4) is 0 Å². The topological polar surface area (TPSA) is 40.5 Å². The van der Waals surface area contributed by atoms with Gasteiger partial charge >= 0.3 is 0 Å². The molecule has 2 nitrogen and oxygen atoms in total. The number of benzene rings is 2. The molecule has 2 aromatic carbocycles. The van der Waals surface area contributed by atoms with E-state index in [0.717, 1.165) is 11.1 Å². The van der Waals surface area contributed by atoms with Crippen LogP contribution in [0, 0.1) is 0 Å². The summed E-state index contributed by atoms with van der Waals surface area (Å²) in [5.74, 6) is 1.33. The van der Waals surface area contributed by atoms with Gasteiger partial charge in [-0.25, -0.2) is 0 Å². The van der Waals surface area contributed by atoms with Gasteiger partial charge in [-0.15, -0.1) is 0 Å². The normalized spacial score (nSPS) is 13.4. The zero-order valence-electron chi connectivity index (χ0n) is 21.9. The van der Waals surface area contributed by atoms with Gasteiger partial charge in [0.25, 0.3) is 0 Å². The minimum Gasteiger partial charge on any atom is -0.508 e. The standard InChI is InChI=1S/C29H44O2/c1-17(2)19-13-25(30)23(27(5,6)7)15-21(19)29(11,12)22-16-24(28(8,9)10)26(31)14-20(22)18(3)4/h13-18,30-31H,1-12H3. The number of hydrogen-bond acceptors (Lipinski definition) is 2. The highest BCUT2D eigenvalue weighted by molar-refractivity contribution is 5.56. The Morgan fingerprint density at radius 1 is 0.516 bits per heavy atom. The van der Waals surface area contributed by atoms with Crippen LogP contribution in [-0.2, 0) is 16.2 Å². The summed E-state index contributed by atoms with van der Waals surface area (Å²) in [4.78, 5) is 0. The van der Waals surface area contributed by atoms with Crippen molar-refractivity contribution in [1.29, 1.82) is 0 Å². The SMILES string of the molecule is CC(C)c1cc(O)c(C(C)(C)C)cc1C(C)(C)c1cc(C(C)(C)C)c(O)cc1C(C)C. The van der Waals surface area contributed by atoms with Crippen molar-refractivity contribution in [2.45, 2.75) is 111 Å². The first-order valence-electron chi connectivity index (χ1n) is 11.6. The van der Waals surface area contributed by atoms with Crippen molar-refractivity contribution in [2.24, 2.45) is 0 Å². The fourth-order valence-electron chi connectivity index (χ4n) is 4.59. The van der Waals surface area contributed by atoms with Gasteiger partial charge in [0, 0.05) is 5.41 Å². The second-order valence-corrected chi connectivity index (χ2v) is 12.3. The quantitative estimate of drug-likeness (QED) is 0.518. The van der Waals surface area contributed by atoms with E-state index >= 15 is 0 Å². The van der Waals surface area contributed by atoms with E-state index in [4.69, 9.17) is 0 Å². The van der Waals surface area contributed by atoms with Gasteiger partial charge in [-0.2, -0.15) is 0 Å². The lowest BCUT2D eigenvalue weighted by Crippen LogP contribution is -2.26. The first kappa shape index (κ1) is 25.3. The van der Waals surface area contributed by atoms with Crippen molar-refractivity contribution >= 4 is 0 Å². The second kappa shape index (κ2) is 8.19. The summed E-state index contributed by atoms with van der Waals surface area (Å²) in [6.45, 7) is 26.2.